The van der Waals surface area contributed by atoms with Crippen LogP contribution in [0.5, 0.6) is 0 Å². The molecule has 0 saturated heterocycles. The smallest absolute Gasteiger partial charge is 0.354 e. The number of carboxylic acids is 1. The highest BCUT2D eigenvalue weighted by atomic mass is 32.2. The number of carboxylic acid groups (broad SMARTS) is 1. The number of nitrogens with two attached hydrogens (primary N) is 1. The number of aromatic carboxylic acids is 1. The molecule has 0 amide bonds. The van der Waals surface area contributed by atoms with E-state index in [0.29, 0.717) is 22.4 Å². The molecule has 9 heteroatoms. The predicted octanol–water partition coefficient (Wildman–Crippen LogP) is 0.418. The maximum atomic E-state index is 11.4. The third-order valence-corrected chi connectivity index (χ3v) is 3.35. The minimum atomic E-state index is -1.14. The second-order valence-corrected chi connectivity index (χ2v) is 4.51. The summed E-state index contributed by atoms with van der Waals surface area (Å²) in [6.45, 7) is 2.24. The van der Waals surface area contributed by atoms with Crippen molar-refractivity contribution in [2.24, 2.45) is 0 Å². The van der Waals surface area contributed by atoms with Crippen LogP contribution >= 0.6 is 11.8 Å². The number of hydrogen-bond donors (Lipinski definition) is 3. The molecule has 2 rings (SSSR count). The molecule has 0 radical (unpaired) electrons. The van der Waals surface area contributed by atoms with E-state index in [2.05, 4.69) is 15.2 Å². The van der Waals surface area contributed by atoms with Gasteiger partial charge in [-0.05, 0) is 30.8 Å². The molecule has 0 saturated carbocycles. The second kappa shape index (κ2) is 5.14. The third-order valence-electron chi connectivity index (χ3n) is 2.34. The lowest BCUT2D eigenvalue weighted by Gasteiger charge is -2.05. The molecule has 0 aliphatic rings. The molecule has 19 heavy (non-hydrogen) atoms. The minimum absolute atomic E-state index is 0.113. The van der Waals surface area contributed by atoms with Gasteiger partial charge in [-0.3, -0.25) is 4.57 Å². The van der Waals surface area contributed by atoms with Crippen LogP contribution in [0.15, 0.2) is 27.1 Å². The quantitative estimate of drug-likeness (QED) is 0.741. The average Bonchev–Trinajstić information content (AvgIpc) is 2.72. The van der Waals surface area contributed by atoms with Crippen molar-refractivity contribution in [2.45, 2.75) is 23.7 Å². The first-order valence-electron chi connectivity index (χ1n) is 5.35. The van der Waals surface area contributed by atoms with Crippen molar-refractivity contribution >= 4 is 23.4 Å². The summed E-state index contributed by atoms with van der Waals surface area (Å²) < 4.78 is 1.40. The molecule has 100 valence electrons. The van der Waals surface area contributed by atoms with E-state index in [1.54, 1.807) is 6.92 Å². The second-order valence-electron chi connectivity index (χ2n) is 3.55. The molecule has 0 unspecified atom stereocenters. The zero-order valence-corrected chi connectivity index (χ0v) is 10.8. The van der Waals surface area contributed by atoms with Gasteiger partial charge in [0, 0.05) is 6.54 Å². The first kappa shape index (κ1) is 13.1. The average molecular weight is 281 g/mol. The summed E-state index contributed by atoms with van der Waals surface area (Å²) in [5, 5.41) is 15.7. The lowest BCUT2D eigenvalue weighted by Crippen LogP contribution is -2.16. The van der Waals surface area contributed by atoms with Crippen LogP contribution in [0.25, 0.3) is 0 Å². The normalized spacial score (nSPS) is 10.6. The molecule has 4 N–H and O–H groups in total. The Morgan fingerprint density at radius 2 is 2.32 bits per heavy atom. The van der Waals surface area contributed by atoms with Gasteiger partial charge in [0.2, 0.25) is 0 Å². The Hall–Kier alpha value is -2.29. The van der Waals surface area contributed by atoms with E-state index in [1.165, 1.54) is 16.7 Å². The molecule has 0 spiro atoms. The molecule has 0 atom stereocenters. The van der Waals surface area contributed by atoms with Crippen molar-refractivity contribution in [3.05, 3.63) is 28.3 Å². The summed E-state index contributed by atoms with van der Waals surface area (Å²) in [4.78, 5) is 26.2. The highest BCUT2D eigenvalue weighted by Gasteiger charge is 2.14. The Labute approximate surface area is 111 Å². The molecule has 2 aromatic heterocycles. The Morgan fingerprint density at radius 1 is 1.58 bits per heavy atom. The molecular weight excluding hydrogens is 270 g/mol. The van der Waals surface area contributed by atoms with Gasteiger partial charge in [-0.15, -0.1) is 5.10 Å². The lowest BCUT2D eigenvalue weighted by atomic mass is 10.3. The molecule has 0 aliphatic heterocycles. The molecule has 0 fully saturated rings. The number of nitrogen functional groups attached to an aromatic ring is 1. The zero-order valence-electron chi connectivity index (χ0n) is 9.95. The molecular formula is C10H11N5O3S. The van der Waals surface area contributed by atoms with Crippen molar-refractivity contribution in [1.82, 2.24) is 19.7 Å². The highest BCUT2D eigenvalue weighted by molar-refractivity contribution is 7.99. The summed E-state index contributed by atoms with van der Waals surface area (Å²) >= 11 is 1.04. The van der Waals surface area contributed by atoms with Crippen LogP contribution in [-0.2, 0) is 6.54 Å². The summed E-state index contributed by atoms with van der Waals surface area (Å²) in [5.74, 6) is -1.14. The van der Waals surface area contributed by atoms with Crippen LogP contribution in [0.3, 0.4) is 0 Å². The fraction of sp³-hybridized carbons (Fsp3) is 0.200. The third kappa shape index (κ3) is 2.60. The van der Waals surface area contributed by atoms with Crippen LogP contribution in [-0.4, -0.2) is 30.8 Å². The Kier molecular flexibility index (Phi) is 3.56. The molecule has 0 bridgehead atoms. The molecule has 8 nitrogen and oxygen atoms in total. The standard InChI is InChI=1S/C10H11N5O3S/c1-2-15-9(18)13-14-10(15)19-7-5(11)3-4-6(12-7)8(16)17/h3-4H,2,11H2,1H3,(H,13,18)(H,16,17). The van der Waals surface area contributed by atoms with Crippen LogP contribution in [0, 0.1) is 0 Å². The van der Waals surface area contributed by atoms with Crippen molar-refractivity contribution in [2.75, 3.05) is 5.73 Å². The van der Waals surface area contributed by atoms with Crippen LogP contribution < -0.4 is 11.4 Å². The molecule has 0 aromatic carbocycles. The van der Waals surface area contributed by atoms with Gasteiger partial charge in [-0.1, -0.05) is 0 Å². The molecule has 2 aromatic rings. The number of H-pyrrole nitrogens is 1. The number of hydrogen-bond acceptors (Lipinski definition) is 6. The SMILES string of the molecule is CCn1c(Sc2nc(C(=O)O)ccc2N)n[nH]c1=O. The van der Waals surface area contributed by atoms with Gasteiger partial charge in [-0.25, -0.2) is 19.7 Å². The maximum absolute atomic E-state index is 11.4. The van der Waals surface area contributed by atoms with Gasteiger partial charge in [-0.2, -0.15) is 0 Å². The van der Waals surface area contributed by atoms with Gasteiger partial charge in [0.25, 0.3) is 0 Å². The Balaban J connectivity index is 2.40. The number of aromatic nitrogens is 4. The van der Waals surface area contributed by atoms with E-state index >= 15 is 0 Å². The predicted molar refractivity (Wildman–Crippen MR) is 68.3 cm³/mol. The first-order valence-corrected chi connectivity index (χ1v) is 6.17. The summed E-state index contributed by atoms with van der Waals surface area (Å²) in [7, 11) is 0. The minimum Gasteiger partial charge on any atom is -0.477 e. The number of carbonyl (C=O) groups is 1. The number of aromatic amines is 1. The van der Waals surface area contributed by atoms with Gasteiger partial charge in [0.15, 0.2) is 5.16 Å². The van der Waals surface area contributed by atoms with E-state index in [1.807, 2.05) is 0 Å². The van der Waals surface area contributed by atoms with Crippen LogP contribution in [0.1, 0.15) is 17.4 Å². The fourth-order valence-electron chi connectivity index (χ4n) is 1.40. The van der Waals surface area contributed by atoms with Crippen molar-refractivity contribution < 1.29 is 9.90 Å². The van der Waals surface area contributed by atoms with Crippen LogP contribution in [0.4, 0.5) is 5.69 Å². The van der Waals surface area contributed by atoms with E-state index in [4.69, 9.17) is 10.8 Å². The molecule has 0 aliphatic carbocycles. The number of pyridine rings is 1. The Morgan fingerprint density at radius 3 is 2.95 bits per heavy atom. The number of nitrogens with zero attached hydrogens (tertiary/aromatic N) is 3. The van der Waals surface area contributed by atoms with E-state index in [0.717, 1.165) is 11.8 Å². The summed E-state index contributed by atoms with van der Waals surface area (Å²) in [6.07, 6.45) is 0. The lowest BCUT2D eigenvalue weighted by molar-refractivity contribution is 0.0690. The number of anilines is 1. The van der Waals surface area contributed by atoms with Crippen molar-refractivity contribution in [3.8, 4) is 0 Å². The highest BCUT2D eigenvalue weighted by Crippen LogP contribution is 2.28. The summed E-state index contributed by atoms with van der Waals surface area (Å²) in [6, 6.07) is 2.78. The van der Waals surface area contributed by atoms with E-state index in [-0.39, 0.29) is 11.4 Å². The topological polar surface area (TPSA) is 127 Å². The van der Waals surface area contributed by atoms with Gasteiger partial charge < -0.3 is 10.8 Å². The van der Waals surface area contributed by atoms with Crippen molar-refractivity contribution in [3.63, 3.8) is 0 Å². The molecule has 2 heterocycles. The monoisotopic (exact) mass is 281 g/mol. The number of rotatable bonds is 4. The van der Waals surface area contributed by atoms with Crippen molar-refractivity contribution in [1.29, 1.82) is 0 Å². The van der Waals surface area contributed by atoms with Gasteiger partial charge >= 0.3 is 11.7 Å². The zero-order chi connectivity index (χ0) is 14.0. The van der Waals surface area contributed by atoms with Crippen LogP contribution in [0.2, 0.25) is 0 Å². The summed E-state index contributed by atoms with van der Waals surface area (Å²) in [5.41, 5.74) is 5.61. The number of nitrogens with one attached hydrogen (secondary N) is 1. The first-order chi connectivity index (χ1) is 9.02. The van der Waals surface area contributed by atoms with E-state index in [9.17, 15) is 9.59 Å². The maximum Gasteiger partial charge on any atom is 0.354 e. The van der Waals surface area contributed by atoms with Gasteiger partial charge in [0.1, 0.15) is 10.7 Å². The fourth-order valence-corrected chi connectivity index (χ4v) is 2.31. The van der Waals surface area contributed by atoms with E-state index < -0.39 is 5.97 Å². The largest absolute Gasteiger partial charge is 0.477 e. The Bertz CT molecular complexity index is 678. The van der Waals surface area contributed by atoms with Gasteiger partial charge in [0.05, 0.1) is 5.69 Å².